The number of hydrogen-bond donors (Lipinski definition) is 3. The van der Waals surface area contributed by atoms with E-state index in [4.69, 9.17) is 11.5 Å². The van der Waals surface area contributed by atoms with Crippen molar-refractivity contribution in [2.24, 2.45) is 0 Å². The molecule has 3 nitrogen and oxygen atoms in total. The summed E-state index contributed by atoms with van der Waals surface area (Å²) in [4.78, 5) is 0. The van der Waals surface area contributed by atoms with Gasteiger partial charge in [0.15, 0.2) is 0 Å². The van der Waals surface area contributed by atoms with E-state index in [2.05, 4.69) is 5.32 Å². The first-order valence-corrected chi connectivity index (χ1v) is 3.07. The second-order valence-corrected chi connectivity index (χ2v) is 2.10. The topological polar surface area (TPSA) is 64.1 Å². The number of benzene rings is 1. The Bertz CT molecular complexity index is 232. The van der Waals surface area contributed by atoms with Crippen molar-refractivity contribution in [2.45, 2.75) is 0 Å². The summed E-state index contributed by atoms with van der Waals surface area (Å²) < 4.78 is 0. The molecule has 0 unspecified atom stereocenters. The van der Waals surface area contributed by atoms with Crippen LogP contribution in [0.25, 0.3) is 0 Å². The molecule has 1 aromatic rings. The molecule has 3 heteroatoms. The molecule has 0 fully saturated rings. The Balaban J connectivity index is 3.07. The van der Waals surface area contributed by atoms with Gasteiger partial charge < -0.3 is 16.8 Å². The summed E-state index contributed by atoms with van der Waals surface area (Å²) >= 11 is 0. The second-order valence-electron chi connectivity index (χ2n) is 2.10. The van der Waals surface area contributed by atoms with E-state index in [1.54, 1.807) is 6.07 Å². The predicted molar refractivity (Wildman–Crippen MR) is 44.8 cm³/mol. The minimum atomic E-state index is 0.683. The number of nitrogen functional groups attached to an aromatic ring is 2. The van der Waals surface area contributed by atoms with E-state index in [1.165, 1.54) is 0 Å². The van der Waals surface area contributed by atoms with Gasteiger partial charge in [-0.3, -0.25) is 0 Å². The van der Waals surface area contributed by atoms with E-state index < -0.39 is 0 Å². The van der Waals surface area contributed by atoms with E-state index in [1.807, 2.05) is 19.2 Å². The van der Waals surface area contributed by atoms with E-state index in [0.29, 0.717) is 11.4 Å². The smallest absolute Gasteiger partial charge is 0.0572 e. The van der Waals surface area contributed by atoms with Gasteiger partial charge in [0.25, 0.3) is 0 Å². The molecule has 0 radical (unpaired) electrons. The number of nitrogens with one attached hydrogen (secondary N) is 1. The summed E-state index contributed by atoms with van der Waals surface area (Å²) in [6.45, 7) is 0. The Labute approximate surface area is 60.0 Å². The van der Waals surface area contributed by atoms with Crippen LogP contribution >= 0.6 is 0 Å². The highest BCUT2D eigenvalue weighted by Gasteiger charge is 1.93. The second kappa shape index (κ2) is 2.47. The predicted octanol–water partition coefficient (Wildman–Crippen LogP) is 0.893. The molecule has 5 N–H and O–H groups in total. The summed E-state index contributed by atoms with van der Waals surface area (Å²) in [5.41, 5.74) is 13.3. The maximum atomic E-state index is 5.59. The molecule has 0 spiro atoms. The zero-order valence-corrected chi connectivity index (χ0v) is 5.89. The Morgan fingerprint density at radius 3 is 2.50 bits per heavy atom. The molecule has 0 aliphatic heterocycles. The molecule has 0 heterocycles. The Hall–Kier alpha value is -1.38. The van der Waals surface area contributed by atoms with Gasteiger partial charge in [0, 0.05) is 12.7 Å². The lowest BCUT2D eigenvalue weighted by molar-refractivity contribution is 1.51. The summed E-state index contributed by atoms with van der Waals surface area (Å²) in [7, 11) is 1.82. The molecule has 54 valence electrons. The largest absolute Gasteiger partial charge is 0.399 e. The van der Waals surface area contributed by atoms with Gasteiger partial charge in [0.2, 0.25) is 0 Å². The molecule has 10 heavy (non-hydrogen) atoms. The third kappa shape index (κ3) is 1.13. The standard InChI is InChI=1S/C7H11N3/c1-10-7-3-2-5(8)4-6(7)9/h2-4,10H,8-9H2,1H3. The normalized spacial score (nSPS) is 9.30. The molecule has 0 atom stereocenters. The maximum absolute atomic E-state index is 5.59. The van der Waals surface area contributed by atoms with Crippen LogP contribution in [0, 0.1) is 0 Å². The lowest BCUT2D eigenvalue weighted by atomic mass is 10.2. The van der Waals surface area contributed by atoms with Crippen molar-refractivity contribution in [3.8, 4) is 0 Å². The van der Waals surface area contributed by atoms with Crippen LogP contribution in [0.3, 0.4) is 0 Å². The summed E-state index contributed by atoms with van der Waals surface area (Å²) in [6.07, 6.45) is 0. The first-order chi connectivity index (χ1) is 4.74. The molecule has 1 rings (SSSR count). The third-order valence-electron chi connectivity index (χ3n) is 1.34. The molecule has 0 bridgehead atoms. The molecular formula is C7H11N3. The highest BCUT2D eigenvalue weighted by Crippen LogP contribution is 2.19. The zero-order valence-electron chi connectivity index (χ0n) is 5.89. The van der Waals surface area contributed by atoms with Crippen molar-refractivity contribution < 1.29 is 0 Å². The first kappa shape index (κ1) is 6.74. The monoisotopic (exact) mass is 137 g/mol. The summed E-state index contributed by atoms with van der Waals surface area (Å²) in [5, 5.41) is 2.94. The fraction of sp³-hybridized carbons (Fsp3) is 0.143. The van der Waals surface area contributed by atoms with Crippen LogP contribution in [0.2, 0.25) is 0 Å². The Morgan fingerprint density at radius 2 is 2.00 bits per heavy atom. The zero-order chi connectivity index (χ0) is 7.56. The number of rotatable bonds is 1. The van der Waals surface area contributed by atoms with Crippen LogP contribution in [0.5, 0.6) is 0 Å². The van der Waals surface area contributed by atoms with Gasteiger partial charge in [-0.15, -0.1) is 0 Å². The Kier molecular flexibility index (Phi) is 1.67. The van der Waals surface area contributed by atoms with E-state index in [9.17, 15) is 0 Å². The number of nitrogens with two attached hydrogens (primary N) is 2. The van der Waals surface area contributed by atoms with Crippen LogP contribution < -0.4 is 16.8 Å². The van der Waals surface area contributed by atoms with Crippen molar-refractivity contribution in [1.29, 1.82) is 0 Å². The average molecular weight is 137 g/mol. The SMILES string of the molecule is CNc1ccc(N)cc1N. The molecule has 0 aliphatic carbocycles. The van der Waals surface area contributed by atoms with Crippen LogP contribution in [0.4, 0.5) is 17.1 Å². The summed E-state index contributed by atoms with van der Waals surface area (Å²) in [5.74, 6) is 0. The minimum Gasteiger partial charge on any atom is -0.399 e. The minimum absolute atomic E-state index is 0.683. The van der Waals surface area contributed by atoms with E-state index in [0.717, 1.165) is 5.69 Å². The molecule has 0 aromatic heterocycles. The van der Waals surface area contributed by atoms with Crippen LogP contribution in [-0.4, -0.2) is 7.05 Å². The highest BCUT2D eigenvalue weighted by molar-refractivity contribution is 5.70. The van der Waals surface area contributed by atoms with Gasteiger partial charge in [-0.05, 0) is 18.2 Å². The average Bonchev–Trinajstić information content (AvgIpc) is 1.88. The van der Waals surface area contributed by atoms with Gasteiger partial charge in [-0.1, -0.05) is 0 Å². The van der Waals surface area contributed by atoms with Crippen LogP contribution in [0.1, 0.15) is 0 Å². The van der Waals surface area contributed by atoms with Gasteiger partial charge in [-0.25, -0.2) is 0 Å². The van der Waals surface area contributed by atoms with Gasteiger partial charge in [0.1, 0.15) is 0 Å². The fourth-order valence-corrected chi connectivity index (χ4v) is 0.809. The molecule has 0 saturated heterocycles. The molecule has 0 saturated carbocycles. The molecule has 1 aromatic carbocycles. The fourth-order valence-electron chi connectivity index (χ4n) is 0.809. The molecular weight excluding hydrogens is 126 g/mol. The third-order valence-corrected chi connectivity index (χ3v) is 1.34. The van der Waals surface area contributed by atoms with Crippen LogP contribution in [0.15, 0.2) is 18.2 Å². The van der Waals surface area contributed by atoms with Crippen LogP contribution in [-0.2, 0) is 0 Å². The number of hydrogen-bond acceptors (Lipinski definition) is 3. The van der Waals surface area contributed by atoms with Crippen molar-refractivity contribution in [2.75, 3.05) is 23.8 Å². The quantitative estimate of drug-likeness (QED) is 0.504. The van der Waals surface area contributed by atoms with Crippen molar-refractivity contribution in [3.63, 3.8) is 0 Å². The molecule has 0 aliphatic rings. The number of anilines is 3. The van der Waals surface area contributed by atoms with Crippen molar-refractivity contribution in [1.82, 2.24) is 0 Å². The first-order valence-electron chi connectivity index (χ1n) is 3.07. The maximum Gasteiger partial charge on any atom is 0.0572 e. The highest BCUT2D eigenvalue weighted by atomic mass is 14.8. The van der Waals surface area contributed by atoms with Gasteiger partial charge in [-0.2, -0.15) is 0 Å². The lowest BCUT2D eigenvalue weighted by Crippen LogP contribution is -1.96. The van der Waals surface area contributed by atoms with Crippen molar-refractivity contribution in [3.05, 3.63) is 18.2 Å². The molecule has 0 amide bonds. The summed E-state index contributed by atoms with van der Waals surface area (Å²) in [6, 6.07) is 5.39. The van der Waals surface area contributed by atoms with Gasteiger partial charge >= 0.3 is 0 Å². The van der Waals surface area contributed by atoms with E-state index in [-0.39, 0.29) is 0 Å². The lowest BCUT2D eigenvalue weighted by Gasteiger charge is -2.03. The van der Waals surface area contributed by atoms with Crippen molar-refractivity contribution >= 4 is 17.1 Å². The van der Waals surface area contributed by atoms with Gasteiger partial charge in [0.05, 0.1) is 11.4 Å². The van der Waals surface area contributed by atoms with E-state index >= 15 is 0 Å². The Morgan fingerprint density at radius 1 is 1.30 bits per heavy atom.